The molecule has 0 atom stereocenters. The molecule has 1 radical (unpaired) electrons. The van der Waals surface area contributed by atoms with Crippen LogP contribution in [-0.4, -0.2) is 28.2 Å². The van der Waals surface area contributed by atoms with E-state index < -0.39 is 13.3 Å². The molecule has 0 aliphatic rings. The van der Waals surface area contributed by atoms with Gasteiger partial charge >= 0.3 is 132 Å². The van der Waals surface area contributed by atoms with Gasteiger partial charge in [-0.15, -0.1) is 23.8 Å². The first-order chi connectivity index (χ1) is 25.8. The van der Waals surface area contributed by atoms with Crippen molar-refractivity contribution in [3.05, 3.63) is 131 Å². The van der Waals surface area contributed by atoms with Gasteiger partial charge in [0.2, 0.25) is 0 Å². The Morgan fingerprint density at radius 1 is 0.661 bits per heavy atom. The number of hydrogen-bond acceptors (Lipinski definition) is 4. The minimum absolute atomic E-state index is 0. The van der Waals surface area contributed by atoms with Crippen molar-refractivity contribution < 1.29 is 24.5 Å². The minimum atomic E-state index is -1.90. The van der Waals surface area contributed by atoms with Gasteiger partial charge in [-0.05, 0) is 80.1 Å². The molecule has 6 heteroatoms. The SMILES string of the molecule is CC(C)(C)Cc1cc(-c2[c-]cccc2)nc[c]1[Ge]([CH3])([CH3])[CH3].Cc1cc(C)c(-c2ccc3oc4c[c-]c(-c5cc(CC(C)(C)C)c(C)cn5)cc4c3c2)c(C)n1.[Ir]. The second-order valence-corrected chi connectivity index (χ2v) is 29.3. The number of rotatable bonds is 6. The summed E-state index contributed by atoms with van der Waals surface area (Å²) >= 11 is -1.90. The normalized spacial score (nSPS) is 12.0. The number of fused-ring (bicyclic) bond motifs is 3. The molecule has 0 saturated carbocycles. The van der Waals surface area contributed by atoms with E-state index in [1.807, 2.05) is 37.4 Å². The molecule has 0 bridgehead atoms. The van der Waals surface area contributed by atoms with E-state index in [9.17, 15) is 0 Å². The number of nitrogens with zero attached hydrogens (tertiary/aromatic N) is 3. The maximum absolute atomic E-state index is 6.16. The molecular weight excluding hydrogens is 923 g/mol. The molecule has 7 aromatic rings. The zero-order valence-corrected chi connectivity index (χ0v) is 40.1. The molecule has 4 nitrogen and oxygen atoms in total. The Labute approximate surface area is 351 Å². The molecule has 293 valence electrons. The van der Waals surface area contributed by atoms with Gasteiger partial charge in [-0.2, -0.15) is 0 Å². The van der Waals surface area contributed by atoms with Crippen molar-refractivity contribution >= 4 is 39.6 Å². The summed E-state index contributed by atoms with van der Waals surface area (Å²) in [6.45, 7) is 22.1. The summed E-state index contributed by atoms with van der Waals surface area (Å²) in [5, 5.41) is 2.19. The summed E-state index contributed by atoms with van der Waals surface area (Å²) in [6.07, 6.45) is 6.23. The van der Waals surface area contributed by atoms with Gasteiger partial charge in [0, 0.05) is 48.6 Å². The summed E-state index contributed by atoms with van der Waals surface area (Å²) in [5.74, 6) is 7.33. The summed E-state index contributed by atoms with van der Waals surface area (Å²) < 4.78 is 7.69. The first-order valence-electron chi connectivity index (χ1n) is 19.5. The van der Waals surface area contributed by atoms with Gasteiger partial charge < -0.3 is 9.40 Å². The predicted molar refractivity (Wildman–Crippen MR) is 236 cm³/mol. The van der Waals surface area contributed by atoms with Crippen molar-refractivity contribution in [1.29, 1.82) is 0 Å². The Morgan fingerprint density at radius 3 is 1.95 bits per heavy atom. The molecule has 0 unspecified atom stereocenters. The van der Waals surface area contributed by atoms with Gasteiger partial charge in [-0.25, -0.2) is 0 Å². The van der Waals surface area contributed by atoms with Crippen molar-refractivity contribution in [2.24, 2.45) is 10.8 Å². The second kappa shape index (κ2) is 16.9. The number of hydrogen-bond donors (Lipinski definition) is 0. The molecule has 0 amide bonds. The quantitative estimate of drug-likeness (QED) is 0.123. The maximum atomic E-state index is 6.16. The van der Waals surface area contributed by atoms with Crippen molar-refractivity contribution in [2.45, 2.75) is 99.3 Å². The summed E-state index contributed by atoms with van der Waals surface area (Å²) in [7, 11) is 0. The third kappa shape index (κ3) is 10.3. The Morgan fingerprint density at radius 2 is 1.30 bits per heavy atom. The van der Waals surface area contributed by atoms with Gasteiger partial charge in [0.25, 0.3) is 0 Å². The fourth-order valence-electron chi connectivity index (χ4n) is 7.55. The minimum Gasteiger partial charge on any atom is -0.500 e. The molecule has 0 fully saturated rings. The summed E-state index contributed by atoms with van der Waals surface area (Å²) in [6, 6.07) is 32.0. The standard InChI is InChI=1S/C31H31N2O.C19H26GeN.Ir/c1-18-12-20(3)33-21(4)30(18)23-9-11-29-26(14-23)25-13-22(8-10-28(25)34-29)27-15-24(16-31(5,6)7)19(2)17-32-27;1-19(2,3)13-16-12-18(15-10-8-7-9-11-15)21-14-17(16)20(4,5)6;/h9-15,17H,16H2,1-7H3;7-10,12,14H,13H2,1-6H3;/q2*-1;. The smallest absolute Gasteiger partial charge is 0.121 e. The molecule has 0 aliphatic carbocycles. The van der Waals surface area contributed by atoms with Crippen LogP contribution < -0.4 is 4.40 Å². The van der Waals surface area contributed by atoms with Crippen LogP contribution in [0, 0.1) is 50.7 Å². The molecule has 0 N–H and O–H groups in total. The van der Waals surface area contributed by atoms with Crippen LogP contribution in [0.5, 0.6) is 0 Å². The second-order valence-electron chi connectivity index (χ2n) is 18.7. The molecule has 7 rings (SSSR count). The number of benzene rings is 3. The first kappa shape index (κ1) is 43.2. The van der Waals surface area contributed by atoms with E-state index in [1.165, 1.54) is 32.2 Å². The fourth-order valence-corrected chi connectivity index (χ4v) is 10.9. The van der Waals surface area contributed by atoms with E-state index in [0.717, 1.165) is 74.2 Å². The van der Waals surface area contributed by atoms with E-state index in [2.05, 4.69) is 146 Å². The van der Waals surface area contributed by atoms with Crippen LogP contribution in [0.3, 0.4) is 0 Å². The van der Waals surface area contributed by atoms with Crippen molar-refractivity contribution in [3.8, 4) is 33.6 Å². The van der Waals surface area contributed by atoms with Gasteiger partial charge in [-0.1, -0.05) is 43.9 Å². The number of pyridine rings is 3. The molecule has 0 aliphatic heterocycles. The number of furan rings is 1. The zero-order chi connectivity index (χ0) is 39.9. The summed E-state index contributed by atoms with van der Waals surface area (Å²) in [5.41, 5.74) is 16.0. The van der Waals surface area contributed by atoms with Crippen molar-refractivity contribution in [3.63, 3.8) is 0 Å². The number of aromatic nitrogens is 3. The largest absolute Gasteiger partial charge is 0.500 e. The fraction of sp³-hybridized carbons (Fsp3) is 0.340. The van der Waals surface area contributed by atoms with Gasteiger partial charge in [0.15, 0.2) is 0 Å². The molecule has 56 heavy (non-hydrogen) atoms. The molecule has 0 saturated heterocycles. The molecule has 0 spiro atoms. The van der Waals surface area contributed by atoms with Crippen LogP contribution in [0.15, 0.2) is 89.6 Å². The van der Waals surface area contributed by atoms with Crippen molar-refractivity contribution in [1.82, 2.24) is 15.0 Å². The van der Waals surface area contributed by atoms with E-state index in [4.69, 9.17) is 19.4 Å². The third-order valence-corrected chi connectivity index (χ3v) is 14.3. The average molecular weight is 981 g/mol. The molecule has 3 aromatic carbocycles. The summed E-state index contributed by atoms with van der Waals surface area (Å²) in [4.78, 5) is 14.2. The Hall–Kier alpha value is -3.90. The maximum Gasteiger partial charge on any atom is 0.121 e. The van der Waals surface area contributed by atoms with Gasteiger partial charge in [-0.3, -0.25) is 4.98 Å². The van der Waals surface area contributed by atoms with Crippen LogP contribution in [0.1, 0.15) is 75.2 Å². The monoisotopic (exact) mass is 982 g/mol. The van der Waals surface area contributed by atoms with E-state index >= 15 is 0 Å². The van der Waals surface area contributed by atoms with E-state index in [-0.39, 0.29) is 25.5 Å². The van der Waals surface area contributed by atoms with E-state index in [1.54, 1.807) is 0 Å². The van der Waals surface area contributed by atoms with Crippen LogP contribution in [0.4, 0.5) is 0 Å². The molecule has 4 aromatic heterocycles. The Kier molecular flexibility index (Phi) is 13.1. The average Bonchev–Trinajstić information content (AvgIpc) is 3.45. The predicted octanol–water partition coefficient (Wildman–Crippen LogP) is 13.0. The zero-order valence-electron chi connectivity index (χ0n) is 35.6. The van der Waals surface area contributed by atoms with Crippen LogP contribution >= 0.6 is 0 Å². The van der Waals surface area contributed by atoms with Gasteiger partial charge in [0.05, 0.1) is 5.58 Å². The van der Waals surface area contributed by atoms with Crippen LogP contribution in [0.25, 0.3) is 55.6 Å². The Balaban J connectivity index is 0.000000236. The third-order valence-electron chi connectivity index (χ3n) is 9.93. The van der Waals surface area contributed by atoms with Crippen molar-refractivity contribution in [2.75, 3.05) is 0 Å². The van der Waals surface area contributed by atoms with Crippen LogP contribution in [-0.2, 0) is 32.9 Å². The van der Waals surface area contributed by atoms with E-state index in [0.29, 0.717) is 5.41 Å². The first-order valence-corrected chi connectivity index (χ1v) is 26.9. The topological polar surface area (TPSA) is 51.8 Å². The number of aryl methyl sites for hydroxylation is 4. The van der Waals surface area contributed by atoms with Gasteiger partial charge in [0.1, 0.15) is 5.58 Å². The molecule has 4 heterocycles. The Bertz CT molecular complexity index is 2460. The van der Waals surface area contributed by atoms with Crippen LogP contribution in [0.2, 0.25) is 17.3 Å². The molecular formula is C50H57GeIrN3O-2.